The Labute approximate surface area is 136 Å². The molecule has 0 aliphatic rings. The monoisotopic (exact) mass is 341 g/mol. The Bertz CT molecular complexity index is 754. The number of amides is 1. The quantitative estimate of drug-likeness (QED) is 0.844. The predicted molar refractivity (Wildman–Crippen MR) is 90.3 cm³/mol. The summed E-state index contributed by atoms with van der Waals surface area (Å²) in [5.74, 6) is 0.924. The molecule has 8 heteroatoms. The molecule has 2 rings (SSSR count). The van der Waals surface area contributed by atoms with Crippen molar-refractivity contribution in [3.8, 4) is 0 Å². The molecule has 6 nitrogen and oxygen atoms in total. The van der Waals surface area contributed by atoms with Crippen molar-refractivity contribution in [3.05, 3.63) is 26.6 Å². The van der Waals surface area contributed by atoms with Gasteiger partial charge in [-0.05, 0) is 26.3 Å². The van der Waals surface area contributed by atoms with E-state index < -0.39 is 0 Å². The van der Waals surface area contributed by atoms with E-state index in [0.29, 0.717) is 17.0 Å². The number of fused-ring (bicyclic) bond motifs is 1. The van der Waals surface area contributed by atoms with Gasteiger partial charge in [0.05, 0.1) is 23.5 Å². The third kappa shape index (κ3) is 3.34. The van der Waals surface area contributed by atoms with Gasteiger partial charge in [0.15, 0.2) is 0 Å². The van der Waals surface area contributed by atoms with Crippen molar-refractivity contribution in [2.45, 2.75) is 31.8 Å². The summed E-state index contributed by atoms with van der Waals surface area (Å²) in [5, 5.41) is 1.58. The zero-order valence-electron chi connectivity index (χ0n) is 13.2. The molecule has 0 saturated heterocycles. The second kappa shape index (κ2) is 6.80. The Balaban J connectivity index is 2.16. The highest BCUT2D eigenvalue weighted by Gasteiger charge is 2.19. The van der Waals surface area contributed by atoms with Crippen molar-refractivity contribution in [2.24, 2.45) is 0 Å². The van der Waals surface area contributed by atoms with Crippen molar-refractivity contribution < 1.29 is 9.63 Å². The fourth-order valence-corrected chi connectivity index (χ4v) is 3.87. The van der Waals surface area contributed by atoms with Crippen LogP contribution in [0.3, 0.4) is 0 Å². The number of hydrogen-bond acceptors (Lipinski definition) is 6. The van der Waals surface area contributed by atoms with Gasteiger partial charge in [-0.2, -0.15) is 0 Å². The minimum atomic E-state index is -0.280. The summed E-state index contributed by atoms with van der Waals surface area (Å²) in [4.78, 5) is 38.1. The van der Waals surface area contributed by atoms with E-state index in [1.54, 1.807) is 14.0 Å². The van der Waals surface area contributed by atoms with E-state index in [9.17, 15) is 9.59 Å². The lowest BCUT2D eigenvalue weighted by Gasteiger charge is -2.18. The van der Waals surface area contributed by atoms with Crippen LogP contribution in [0.15, 0.2) is 4.79 Å². The van der Waals surface area contributed by atoms with Gasteiger partial charge in [-0.15, -0.1) is 23.1 Å². The molecule has 1 amide bonds. The molecule has 1 atom stereocenters. The topological polar surface area (TPSA) is 75.3 Å². The van der Waals surface area contributed by atoms with Gasteiger partial charge in [0.25, 0.3) is 11.5 Å². The molecule has 0 aliphatic heterocycles. The number of nitrogens with zero attached hydrogens (tertiary/aromatic N) is 2. The van der Waals surface area contributed by atoms with Gasteiger partial charge >= 0.3 is 0 Å². The summed E-state index contributed by atoms with van der Waals surface area (Å²) in [7, 11) is 3.02. The average Bonchev–Trinajstić information content (AvgIpc) is 2.78. The normalized spacial score (nSPS) is 12.6. The van der Waals surface area contributed by atoms with E-state index in [1.165, 1.54) is 35.3 Å². The second-order valence-electron chi connectivity index (χ2n) is 4.95. The zero-order valence-corrected chi connectivity index (χ0v) is 14.9. The fourth-order valence-electron chi connectivity index (χ4n) is 1.99. The van der Waals surface area contributed by atoms with E-state index in [0.717, 1.165) is 15.3 Å². The number of thiophene rings is 1. The first kappa shape index (κ1) is 17.0. The molecule has 22 heavy (non-hydrogen) atoms. The van der Waals surface area contributed by atoms with Crippen LogP contribution < -0.4 is 5.56 Å². The van der Waals surface area contributed by atoms with Crippen LogP contribution in [0.25, 0.3) is 10.2 Å². The minimum absolute atomic E-state index is 0.115. The molecule has 1 N–H and O–H groups in total. The highest BCUT2D eigenvalue weighted by Crippen LogP contribution is 2.26. The Morgan fingerprint density at radius 2 is 2.18 bits per heavy atom. The lowest BCUT2D eigenvalue weighted by atomic mass is 10.2. The summed E-state index contributed by atoms with van der Waals surface area (Å²) in [6.07, 6.45) is 0. The number of thioether (sulfide) groups is 1. The molecule has 0 spiro atoms. The van der Waals surface area contributed by atoms with E-state index in [4.69, 9.17) is 4.84 Å². The van der Waals surface area contributed by atoms with Gasteiger partial charge in [0.2, 0.25) is 0 Å². The number of aromatic amines is 1. The number of hydrogen-bond donors (Lipinski definition) is 1. The summed E-state index contributed by atoms with van der Waals surface area (Å²) >= 11 is 2.93. The Morgan fingerprint density at radius 3 is 2.82 bits per heavy atom. The maximum Gasteiger partial charge on any atom is 0.259 e. The van der Waals surface area contributed by atoms with Crippen LogP contribution in [0.4, 0.5) is 0 Å². The van der Waals surface area contributed by atoms with E-state index >= 15 is 0 Å². The third-order valence-corrected chi connectivity index (χ3v) is 5.73. The molecule has 0 radical (unpaired) electrons. The van der Waals surface area contributed by atoms with Gasteiger partial charge in [-0.1, -0.05) is 0 Å². The molecular weight excluding hydrogens is 322 g/mol. The number of rotatable bonds is 5. The number of aryl methyl sites for hydroxylation is 2. The third-order valence-electron chi connectivity index (χ3n) is 3.49. The lowest BCUT2D eigenvalue weighted by molar-refractivity contribution is -0.167. The van der Waals surface area contributed by atoms with Crippen molar-refractivity contribution in [3.63, 3.8) is 0 Å². The first-order valence-corrected chi connectivity index (χ1v) is 8.63. The van der Waals surface area contributed by atoms with Crippen molar-refractivity contribution >= 4 is 39.2 Å². The predicted octanol–water partition coefficient (Wildman–Crippen LogP) is 2.24. The Kier molecular flexibility index (Phi) is 5.25. The van der Waals surface area contributed by atoms with Gasteiger partial charge in [0.1, 0.15) is 10.7 Å². The first-order chi connectivity index (χ1) is 10.3. The molecule has 120 valence electrons. The maximum absolute atomic E-state index is 12.2. The second-order valence-corrected chi connectivity index (χ2v) is 7.48. The van der Waals surface area contributed by atoms with E-state index in [1.807, 2.05) is 13.8 Å². The minimum Gasteiger partial charge on any atom is -0.309 e. The molecule has 0 saturated carbocycles. The highest BCUT2D eigenvalue weighted by molar-refractivity contribution is 7.99. The maximum atomic E-state index is 12.2. The number of carbonyl (C=O) groups excluding carboxylic acids is 1. The molecule has 2 aromatic heterocycles. The van der Waals surface area contributed by atoms with Crippen molar-refractivity contribution in [1.29, 1.82) is 0 Å². The SMILES string of the molecule is CON(C)C(=O)C(C)SCc1nc2sc(C)c(C)c2c(=O)[nH]1. The molecular formula is C14H19N3O3S2. The fraction of sp³-hybridized carbons (Fsp3) is 0.500. The highest BCUT2D eigenvalue weighted by atomic mass is 32.2. The van der Waals surface area contributed by atoms with Crippen molar-refractivity contribution in [2.75, 3.05) is 14.2 Å². The average molecular weight is 341 g/mol. The first-order valence-electron chi connectivity index (χ1n) is 6.77. The van der Waals surface area contributed by atoms with Crippen molar-refractivity contribution in [1.82, 2.24) is 15.0 Å². The van der Waals surface area contributed by atoms with Gasteiger partial charge < -0.3 is 4.98 Å². The molecule has 2 aromatic rings. The number of carbonyl (C=O) groups is 1. The number of hydroxylamine groups is 2. The van der Waals surface area contributed by atoms with Gasteiger partial charge in [-0.3, -0.25) is 14.4 Å². The van der Waals surface area contributed by atoms with E-state index in [2.05, 4.69) is 9.97 Å². The lowest BCUT2D eigenvalue weighted by Crippen LogP contribution is -2.32. The van der Waals surface area contributed by atoms with Crippen LogP contribution in [0.5, 0.6) is 0 Å². The summed E-state index contributed by atoms with van der Waals surface area (Å²) in [5.41, 5.74) is 0.869. The number of aromatic nitrogens is 2. The smallest absolute Gasteiger partial charge is 0.259 e. The van der Waals surface area contributed by atoms with Crippen LogP contribution in [0, 0.1) is 13.8 Å². The molecule has 0 bridgehead atoms. The zero-order chi connectivity index (χ0) is 16.4. The molecule has 2 heterocycles. The molecule has 0 aromatic carbocycles. The summed E-state index contributed by atoms with van der Waals surface area (Å²) in [6.45, 7) is 5.72. The largest absolute Gasteiger partial charge is 0.309 e. The van der Waals surface area contributed by atoms with Gasteiger partial charge in [-0.25, -0.2) is 10.0 Å². The van der Waals surface area contributed by atoms with Crippen LogP contribution in [-0.2, 0) is 15.4 Å². The van der Waals surface area contributed by atoms with Crippen LogP contribution in [0.2, 0.25) is 0 Å². The Morgan fingerprint density at radius 1 is 1.50 bits per heavy atom. The molecule has 0 aliphatic carbocycles. The summed E-state index contributed by atoms with van der Waals surface area (Å²) in [6, 6.07) is 0. The van der Waals surface area contributed by atoms with Crippen LogP contribution in [0.1, 0.15) is 23.2 Å². The van der Waals surface area contributed by atoms with Crippen LogP contribution in [-0.4, -0.2) is 40.3 Å². The van der Waals surface area contributed by atoms with E-state index in [-0.39, 0.29) is 16.7 Å². The molecule has 0 fully saturated rings. The standard InChI is InChI=1S/C14H19N3O3S2/c1-7-8(2)22-13-11(7)12(18)15-10(16-13)6-21-9(3)14(19)17(4)20-5/h9H,6H2,1-5H3,(H,15,16,18). The van der Waals surface area contributed by atoms with Crippen LogP contribution >= 0.6 is 23.1 Å². The number of nitrogens with one attached hydrogen (secondary N) is 1. The summed E-state index contributed by atoms with van der Waals surface area (Å²) < 4.78 is 0. The number of H-pyrrole nitrogens is 1. The molecule has 1 unspecified atom stereocenters. The Hall–Kier alpha value is -1.38. The van der Waals surface area contributed by atoms with Gasteiger partial charge in [0, 0.05) is 11.9 Å².